The Morgan fingerprint density at radius 2 is 1.76 bits per heavy atom. The zero-order valence-corrected chi connectivity index (χ0v) is 25.0. The summed E-state index contributed by atoms with van der Waals surface area (Å²) in [4.78, 5) is 39.2. The smallest absolute Gasteiger partial charge is 0.312 e. The van der Waals surface area contributed by atoms with Crippen molar-refractivity contribution in [2.75, 3.05) is 24.6 Å². The van der Waals surface area contributed by atoms with E-state index in [0.717, 1.165) is 35.4 Å². The molecule has 6 heteroatoms. The van der Waals surface area contributed by atoms with Gasteiger partial charge in [0, 0.05) is 19.2 Å². The summed E-state index contributed by atoms with van der Waals surface area (Å²) >= 11 is 0. The van der Waals surface area contributed by atoms with Crippen LogP contribution in [0.3, 0.4) is 0 Å². The monoisotopic (exact) mass is 522 g/mol. The number of ketones is 1. The number of ether oxygens (including phenoxy) is 1. The van der Waals surface area contributed by atoms with Gasteiger partial charge in [0.1, 0.15) is 6.61 Å². The van der Waals surface area contributed by atoms with Gasteiger partial charge in [0.2, 0.25) is 11.7 Å². The summed E-state index contributed by atoms with van der Waals surface area (Å²) in [6.07, 6.45) is 6.34. The van der Waals surface area contributed by atoms with Crippen molar-refractivity contribution >= 4 is 29.4 Å². The van der Waals surface area contributed by atoms with Gasteiger partial charge in [-0.1, -0.05) is 40.7 Å². The largest absolute Gasteiger partial charge is 0.463 e. The van der Waals surface area contributed by atoms with E-state index in [1.165, 1.54) is 6.92 Å². The van der Waals surface area contributed by atoms with Gasteiger partial charge in [0.05, 0.1) is 17.7 Å². The Morgan fingerprint density at radius 1 is 1.11 bits per heavy atom. The maximum atomic E-state index is 13.2. The SMILES string of the molecule is CCN(CCOC(=O)C(C)(CC(C)C)C(C)(C)C)c1ccc(/C=C2/C=C(C)C(=O)C(NC(C)=O)=C2)c(C)c1. The van der Waals surface area contributed by atoms with Crippen molar-refractivity contribution in [3.8, 4) is 0 Å². The average molecular weight is 523 g/mol. The zero-order valence-electron chi connectivity index (χ0n) is 25.0. The van der Waals surface area contributed by atoms with E-state index in [4.69, 9.17) is 4.74 Å². The molecular formula is C32H46N2O4. The van der Waals surface area contributed by atoms with Crippen LogP contribution in [0.25, 0.3) is 6.08 Å². The predicted octanol–water partition coefficient (Wildman–Crippen LogP) is 6.40. The second-order valence-electron chi connectivity index (χ2n) is 12.0. The molecule has 6 nitrogen and oxygen atoms in total. The van der Waals surface area contributed by atoms with Crippen molar-refractivity contribution in [2.45, 2.75) is 75.7 Å². The van der Waals surface area contributed by atoms with Gasteiger partial charge in [-0.25, -0.2) is 0 Å². The number of esters is 1. The van der Waals surface area contributed by atoms with Crippen molar-refractivity contribution in [1.29, 1.82) is 0 Å². The lowest BCUT2D eigenvalue weighted by Crippen LogP contribution is -2.43. The van der Waals surface area contributed by atoms with Crippen LogP contribution in [0.2, 0.25) is 0 Å². The molecule has 0 bridgehead atoms. The predicted molar refractivity (Wildman–Crippen MR) is 156 cm³/mol. The summed E-state index contributed by atoms with van der Waals surface area (Å²) in [6, 6.07) is 6.24. The van der Waals surface area contributed by atoms with E-state index in [2.05, 4.69) is 70.0 Å². The molecule has 1 unspecified atom stereocenters. The van der Waals surface area contributed by atoms with Gasteiger partial charge in [-0.3, -0.25) is 14.4 Å². The van der Waals surface area contributed by atoms with Crippen LogP contribution in [-0.2, 0) is 19.1 Å². The third-order valence-corrected chi connectivity index (χ3v) is 7.45. The number of amides is 1. The first kappa shape index (κ1) is 31.1. The zero-order chi connectivity index (χ0) is 28.8. The number of likely N-dealkylation sites (N-methyl/N-ethyl adjacent to an activating group) is 1. The maximum Gasteiger partial charge on any atom is 0.312 e. The molecule has 1 aliphatic carbocycles. The molecule has 208 valence electrons. The topological polar surface area (TPSA) is 75.7 Å². The molecule has 0 saturated carbocycles. The Bertz CT molecular complexity index is 1150. The second kappa shape index (κ2) is 12.6. The number of nitrogens with one attached hydrogen (secondary N) is 1. The second-order valence-corrected chi connectivity index (χ2v) is 12.0. The number of hydrogen-bond donors (Lipinski definition) is 1. The van der Waals surface area contributed by atoms with Crippen molar-refractivity contribution < 1.29 is 19.1 Å². The molecule has 2 rings (SSSR count). The highest BCUT2D eigenvalue weighted by Gasteiger charge is 2.45. The Morgan fingerprint density at radius 3 is 2.29 bits per heavy atom. The molecule has 0 aliphatic heterocycles. The lowest BCUT2D eigenvalue weighted by atomic mass is 9.64. The van der Waals surface area contributed by atoms with Crippen molar-refractivity contribution in [3.63, 3.8) is 0 Å². The average Bonchev–Trinajstić information content (AvgIpc) is 2.79. The third kappa shape index (κ3) is 7.68. The van der Waals surface area contributed by atoms with Crippen molar-refractivity contribution in [3.05, 3.63) is 58.3 Å². The highest BCUT2D eigenvalue weighted by molar-refractivity contribution is 6.11. The number of carbonyl (C=O) groups is 3. The van der Waals surface area contributed by atoms with E-state index in [0.29, 0.717) is 30.3 Å². The first-order chi connectivity index (χ1) is 17.6. The third-order valence-electron chi connectivity index (χ3n) is 7.45. The molecule has 0 fully saturated rings. The van der Waals surface area contributed by atoms with Gasteiger partial charge < -0.3 is 15.0 Å². The Labute approximate surface area is 229 Å². The molecule has 1 aromatic rings. The fourth-order valence-electron chi connectivity index (χ4n) is 4.76. The normalized spacial score (nSPS) is 16.6. The molecule has 0 radical (unpaired) electrons. The van der Waals surface area contributed by atoms with Gasteiger partial charge in [-0.2, -0.15) is 0 Å². The lowest BCUT2D eigenvalue weighted by molar-refractivity contribution is -0.163. The van der Waals surface area contributed by atoms with E-state index in [1.807, 2.05) is 26.0 Å². The fourth-order valence-corrected chi connectivity index (χ4v) is 4.76. The van der Waals surface area contributed by atoms with Gasteiger partial charge in [0.15, 0.2) is 0 Å². The standard InChI is InChI=1S/C32H46N2O4/c1-11-34(14-15-38-30(37)32(10,20-21(2)3)31(7,8)9)27-13-12-26(22(4)17-27)18-25-16-23(5)29(36)28(19-25)33-24(6)35/h12-13,16-19,21H,11,14-15,20H2,1-10H3,(H,33,35)/b25-18-. The number of carbonyl (C=O) groups excluding carboxylic acids is 3. The number of aryl methyl sites for hydroxylation is 1. The first-order valence-electron chi connectivity index (χ1n) is 13.6. The number of Topliss-reactive ketones (excluding diaryl/α,β-unsaturated/α-hetero) is 1. The molecule has 1 aromatic carbocycles. The van der Waals surface area contributed by atoms with Crippen molar-refractivity contribution in [2.24, 2.45) is 16.7 Å². The van der Waals surface area contributed by atoms with E-state index in [9.17, 15) is 14.4 Å². The van der Waals surface area contributed by atoms with Crippen LogP contribution in [0, 0.1) is 23.7 Å². The molecule has 1 N–H and O–H groups in total. The van der Waals surface area contributed by atoms with E-state index in [1.54, 1.807) is 13.0 Å². The molecule has 1 amide bonds. The number of nitrogens with zero attached hydrogens (tertiary/aromatic N) is 1. The summed E-state index contributed by atoms with van der Waals surface area (Å²) in [5.41, 5.74) is 4.15. The van der Waals surface area contributed by atoms with E-state index >= 15 is 0 Å². The molecule has 0 saturated heterocycles. The number of rotatable bonds is 10. The van der Waals surface area contributed by atoms with Crippen LogP contribution in [0.15, 0.2) is 47.2 Å². The molecule has 0 spiro atoms. The Kier molecular flexibility index (Phi) is 10.3. The Balaban J connectivity index is 2.16. The minimum absolute atomic E-state index is 0.131. The van der Waals surface area contributed by atoms with Gasteiger partial charge in [-0.15, -0.1) is 0 Å². The molecule has 0 aromatic heterocycles. The van der Waals surface area contributed by atoms with Gasteiger partial charge >= 0.3 is 5.97 Å². The number of hydrogen-bond acceptors (Lipinski definition) is 5. The summed E-state index contributed by atoms with van der Waals surface area (Å²) in [6.45, 7) is 21.6. The lowest BCUT2D eigenvalue weighted by Gasteiger charge is -2.41. The molecule has 38 heavy (non-hydrogen) atoms. The number of allylic oxidation sites excluding steroid dienone is 4. The summed E-state index contributed by atoms with van der Waals surface area (Å²) in [5.74, 6) is -0.173. The maximum absolute atomic E-state index is 13.2. The Hall–Kier alpha value is -3.15. The van der Waals surface area contributed by atoms with Gasteiger partial charge in [-0.05, 0) is 98.1 Å². The van der Waals surface area contributed by atoms with Crippen LogP contribution < -0.4 is 10.2 Å². The number of anilines is 1. The molecule has 1 aliphatic rings. The number of benzene rings is 1. The highest BCUT2D eigenvalue weighted by atomic mass is 16.5. The summed E-state index contributed by atoms with van der Waals surface area (Å²) in [5, 5.41) is 2.63. The van der Waals surface area contributed by atoms with Crippen LogP contribution >= 0.6 is 0 Å². The van der Waals surface area contributed by atoms with Crippen LogP contribution in [0.1, 0.15) is 79.9 Å². The highest BCUT2D eigenvalue weighted by Crippen LogP contribution is 2.44. The van der Waals surface area contributed by atoms with E-state index < -0.39 is 5.41 Å². The van der Waals surface area contributed by atoms with Crippen LogP contribution in [0.5, 0.6) is 0 Å². The summed E-state index contributed by atoms with van der Waals surface area (Å²) < 4.78 is 5.84. The quantitative estimate of drug-likeness (QED) is 0.360. The molecule has 1 atom stereocenters. The van der Waals surface area contributed by atoms with E-state index in [-0.39, 0.29) is 23.1 Å². The minimum Gasteiger partial charge on any atom is -0.463 e. The molecule has 0 heterocycles. The summed E-state index contributed by atoms with van der Waals surface area (Å²) in [7, 11) is 0. The van der Waals surface area contributed by atoms with Gasteiger partial charge in [0.25, 0.3) is 0 Å². The van der Waals surface area contributed by atoms with Crippen LogP contribution in [-0.4, -0.2) is 37.4 Å². The first-order valence-corrected chi connectivity index (χ1v) is 13.6. The minimum atomic E-state index is -0.547. The van der Waals surface area contributed by atoms with Crippen LogP contribution in [0.4, 0.5) is 5.69 Å². The molecular weight excluding hydrogens is 476 g/mol. The van der Waals surface area contributed by atoms with Crippen molar-refractivity contribution in [1.82, 2.24) is 5.32 Å². The fraction of sp³-hybridized carbons (Fsp3) is 0.531.